The van der Waals surface area contributed by atoms with Crippen molar-refractivity contribution in [3.8, 4) is 17.2 Å². The van der Waals surface area contributed by atoms with Crippen LogP contribution in [0.2, 0.25) is 0 Å². The summed E-state index contributed by atoms with van der Waals surface area (Å²) in [4.78, 5) is 16.7. The number of benzene rings is 3. The Bertz CT molecular complexity index is 1140. The molecule has 6 heteroatoms. The summed E-state index contributed by atoms with van der Waals surface area (Å²) in [6, 6.07) is 22.8. The molecule has 5 nitrogen and oxygen atoms in total. The second kappa shape index (κ2) is 9.05. The number of nitrogens with one attached hydrogen (secondary N) is 1. The number of oxazole rings is 1. The summed E-state index contributed by atoms with van der Waals surface area (Å²) in [6.07, 6.45) is 1.57. The molecule has 4 rings (SSSR count). The van der Waals surface area contributed by atoms with Crippen LogP contribution in [0.1, 0.15) is 11.3 Å². The zero-order valence-electron chi connectivity index (χ0n) is 16.0. The van der Waals surface area contributed by atoms with Gasteiger partial charge in [0, 0.05) is 17.3 Å². The maximum Gasteiger partial charge on any atom is 0.230 e. The van der Waals surface area contributed by atoms with Gasteiger partial charge < -0.3 is 14.5 Å². The first-order valence-electron chi connectivity index (χ1n) is 9.43. The van der Waals surface area contributed by atoms with Crippen molar-refractivity contribution >= 4 is 11.6 Å². The molecule has 1 amide bonds. The molecule has 150 valence electrons. The van der Waals surface area contributed by atoms with Gasteiger partial charge in [-0.1, -0.05) is 36.4 Å². The largest absolute Gasteiger partial charge is 0.489 e. The van der Waals surface area contributed by atoms with Crippen LogP contribution in [-0.2, 0) is 17.8 Å². The van der Waals surface area contributed by atoms with Gasteiger partial charge in [-0.15, -0.1) is 0 Å². The fourth-order valence-electron chi connectivity index (χ4n) is 2.93. The Labute approximate surface area is 173 Å². The third-order valence-electron chi connectivity index (χ3n) is 4.33. The van der Waals surface area contributed by atoms with Crippen LogP contribution in [0.25, 0.3) is 11.5 Å². The normalized spacial score (nSPS) is 10.6. The number of amides is 1. The van der Waals surface area contributed by atoms with Crippen molar-refractivity contribution in [2.75, 3.05) is 5.32 Å². The van der Waals surface area contributed by atoms with E-state index in [0.717, 1.165) is 11.1 Å². The minimum absolute atomic E-state index is 0.0880. The van der Waals surface area contributed by atoms with Crippen LogP contribution in [0.3, 0.4) is 0 Å². The summed E-state index contributed by atoms with van der Waals surface area (Å²) in [5, 5.41) is 2.83. The molecule has 0 bridgehead atoms. The number of halogens is 1. The molecule has 0 radical (unpaired) electrons. The lowest BCUT2D eigenvalue weighted by molar-refractivity contribution is -0.115. The van der Waals surface area contributed by atoms with E-state index in [-0.39, 0.29) is 24.8 Å². The molecule has 30 heavy (non-hydrogen) atoms. The number of nitrogens with zero attached hydrogens (tertiary/aromatic N) is 1. The highest BCUT2D eigenvalue weighted by atomic mass is 19.1. The lowest BCUT2D eigenvalue weighted by Gasteiger charge is -2.09. The van der Waals surface area contributed by atoms with E-state index in [2.05, 4.69) is 10.3 Å². The van der Waals surface area contributed by atoms with Crippen LogP contribution in [0, 0.1) is 5.82 Å². The summed E-state index contributed by atoms with van der Waals surface area (Å²) < 4.78 is 24.4. The van der Waals surface area contributed by atoms with Crippen molar-refractivity contribution in [2.45, 2.75) is 13.0 Å². The lowest BCUT2D eigenvalue weighted by Crippen LogP contribution is -2.14. The summed E-state index contributed by atoms with van der Waals surface area (Å²) in [6.45, 7) is 0.233. The maximum absolute atomic E-state index is 13.3. The van der Waals surface area contributed by atoms with Gasteiger partial charge in [0.2, 0.25) is 11.8 Å². The van der Waals surface area contributed by atoms with Gasteiger partial charge in [0.15, 0.2) is 0 Å². The predicted molar refractivity (Wildman–Crippen MR) is 111 cm³/mol. The molecule has 1 N–H and O–H groups in total. The van der Waals surface area contributed by atoms with Crippen LogP contribution in [-0.4, -0.2) is 10.9 Å². The van der Waals surface area contributed by atoms with Crippen LogP contribution in [0.15, 0.2) is 89.5 Å². The standard InChI is InChI=1S/C24H19FN2O3/c25-19-9-4-6-17(12-19)15-29-22-11-5-10-20(13-22)26-23(28)14-21-16-30-24(27-21)18-7-2-1-3-8-18/h1-13,16H,14-15H2,(H,26,28). The molecule has 4 aromatic rings. The number of anilines is 1. The summed E-state index contributed by atoms with van der Waals surface area (Å²) in [5.74, 6) is 0.529. The van der Waals surface area contributed by atoms with Crippen molar-refractivity contribution in [1.82, 2.24) is 4.98 Å². The van der Waals surface area contributed by atoms with E-state index in [1.165, 1.54) is 18.4 Å². The quantitative estimate of drug-likeness (QED) is 0.459. The Kier molecular flexibility index (Phi) is 5.85. The summed E-state index contributed by atoms with van der Waals surface area (Å²) >= 11 is 0. The van der Waals surface area contributed by atoms with Gasteiger partial charge in [-0.05, 0) is 42.0 Å². The molecule has 0 aliphatic rings. The number of carbonyl (C=O) groups is 1. The SMILES string of the molecule is O=C(Cc1coc(-c2ccccc2)n1)Nc1cccc(OCc2cccc(F)c2)c1. The second-order valence-corrected chi connectivity index (χ2v) is 6.68. The molecule has 0 aliphatic heterocycles. The number of hydrogen-bond donors (Lipinski definition) is 1. The maximum atomic E-state index is 13.3. The fourth-order valence-corrected chi connectivity index (χ4v) is 2.93. The highest BCUT2D eigenvalue weighted by Crippen LogP contribution is 2.20. The first kappa shape index (κ1) is 19.4. The number of aromatic nitrogens is 1. The molecule has 0 atom stereocenters. The molecule has 0 saturated carbocycles. The Balaban J connectivity index is 1.34. The van der Waals surface area contributed by atoms with Crippen LogP contribution in [0.5, 0.6) is 5.75 Å². The minimum Gasteiger partial charge on any atom is -0.489 e. The summed E-state index contributed by atoms with van der Waals surface area (Å²) in [5.41, 5.74) is 2.73. The molecule has 0 saturated heterocycles. The predicted octanol–water partition coefficient (Wildman–Crippen LogP) is 5.24. The topological polar surface area (TPSA) is 64.4 Å². The Morgan fingerprint density at radius 3 is 2.67 bits per heavy atom. The van der Waals surface area contributed by atoms with Crippen molar-refractivity contribution in [1.29, 1.82) is 0 Å². The lowest BCUT2D eigenvalue weighted by atomic mass is 10.2. The Morgan fingerprint density at radius 2 is 1.83 bits per heavy atom. The van der Waals surface area contributed by atoms with Gasteiger partial charge in [0.1, 0.15) is 24.4 Å². The van der Waals surface area contributed by atoms with Crippen molar-refractivity contribution in [3.05, 3.63) is 102 Å². The highest BCUT2D eigenvalue weighted by molar-refractivity contribution is 5.92. The van der Waals surface area contributed by atoms with Crippen LogP contribution >= 0.6 is 0 Å². The Morgan fingerprint density at radius 1 is 1.00 bits per heavy atom. The molecule has 1 aromatic heterocycles. The van der Waals surface area contributed by atoms with Crippen LogP contribution in [0.4, 0.5) is 10.1 Å². The molecule has 0 spiro atoms. The van der Waals surface area contributed by atoms with E-state index >= 15 is 0 Å². The molecule has 0 aliphatic carbocycles. The number of hydrogen-bond acceptors (Lipinski definition) is 4. The first-order valence-corrected chi connectivity index (χ1v) is 9.43. The molecule has 3 aromatic carbocycles. The number of rotatable bonds is 7. The van der Waals surface area contributed by atoms with Gasteiger partial charge >= 0.3 is 0 Å². The smallest absolute Gasteiger partial charge is 0.230 e. The van der Waals surface area contributed by atoms with E-state index in [0.29, 0.717) is 23.0 Å². The minimum atomic E-state index is -0.305. The van der Waals surface area contributed by atoms with Gasteiger partial charge in [-0.25, -0.2) is 9.37 Å². The second-order valence-electron chi connectivity index (χ2n) is 6.68. The fraction of sp³-hybridized carbons (Fsp3) is 0.0833. The van der Waals surface area contributed by atoms with Crippen molar-refractivity contribution in [2.24, 2.45) is 0 Å². The van der Waals surface area contributed by atoms with Crippen LogP contribution < -0.4 is 10.1 Å². The van der Waals surface area contributed by atoms with Gasteiger partial charge in [-0.2, -0.15) is 0 Å². The third-order valence-corrected chi connectivity index (χ3v) is 4.33. The molecule has 0 unspecified atom stereocenters. The average molecular weight is 402 g/mol. The molecular weight excluding hydrogens is 383 g/mol. The Hall–Kier alpha value is -3.93. The van der Waals surface area contributed by atoms with E-state index in [1.54, 1.807) is 36.4 Å². The average Bonchev–Trinajstić information content (AvgIpc) is 3.21. The van der Waals surface area contributed by atoms with Gasteiger partial charge in [0.25, 0.3) is 0 Å². The third kappa shape index (κ3) is 5.11. The molecular formula is C24H19FN2O3. The molecule has 0 fully saturated rings. The number of carbonyl (C=O) groups excluding carboxylic acids is 1. The zero-order valence-corrected chi connectivity index (χ0v) is 16.0. The summed E-state index contributed by atoms with van der Waals surface area (Å²) in [7, 11) is 0. The van der Waals surface area contributed by atoms with E-state index < -0.39 is 0 Å². The van der Waals surface area contributed by atoms with Gasteiger partial charge in [-0.3, -0.25) is 4.79 Å². The van der Waals surface area contributed by atoms with E-state index in [4.69, 9.17) is 9.15 Å². The van der Waals surface area contributed by atoms with E-state index in [1.807, 2.05) is 30.3 Å². The molecule has 1 heterocycles. The highest BCUT2D eigenvalue weighted by Gasteiger charge is 2.11. The van der Waals surface area contributed by atoms with Gasteiger partial charge in [0.05, 0.1) is 12.1 Å². The van der Waals surface area contributed by atoms with Crippen molar-refractivity contribution in [3.63, 3.8) is 0 Å². The first-order chi connectivity index (χ1) is 14.7. The monoisotopic (exact) mass is 402 g/mol. The van der Waals surface area contributed by atoms with Crippen molar-refractivity contribution < 1.29 is 18.3 Å². The zero-order chi connectivity index (χ0) is 20.8. The number of ether oxygens (including phenoxy) is 1. The van der Waals surface area contributed by atoms with E-state index in [9.17, 15) is 9.18 Å².